The Morgan fingerprint density at radius 3 is 2.18 bits per heavy atom. The molecule has 0 atom stereocenters. The van der Waals surface area contributed by atoms with E-state index in [0.717, 1.165) is 16.8 Å². The van der Waals surface area contributed by atoms with Gasteiger partial charge in [-0.3, -0.25) is 8.80 Å². The number of hydrogen-bond acceptors (Lipinski definition) is 1. The molecule has 8 rings (SSSR count). The molecule has 3 nitrogen and oxygen atoms in total. The van der Waals surface area contributed by atoms with Crippen LogP contribution in [0.3, 0.4) is 0 Å². The van der Waals surface area contributed by atoms with Crippen LogP contribution in [0.4, 0.5) is 0 Å². The molecule has 0 fully saturated rings. The first-order valence-electron chi connectivity index (χ1n) is 11.3. The summed E-state index contributed by atoms with van der Waals surface area (Å²) in [5, 5.41) is 5.06. The molecule has 0 unspecified atom stereocenters. The largest absolute Gasteiger partial charge is 0.277 e. The summed E-state index contributed by atoms with van der Waals surface area (Å²) in [6.45, 7) is 2.13. The lowest BCUT2D eigenvalue weighted by Crippen LogP contribution is -1.85. The second kappa shape index (κ2) is 5.90. The van der Waals surface area contributed by atoms with Gasteiger partial charge in [-0.1, -0.05) is 66.2 Å². The number of aryl methyl sites for hydroxylation is 1. The summed E-state index contributed by atoms with van der Waals surface area (Å²) >= 11 is 0. The summed E-state index contributed by atoms with van der Waals surface area (Å²) in [4.78, 5) is 5.08. The molecule has 0 saturated carbocycles. The topological polar surface area (TPSA) is 21.7 Å². The maximum absolute atomic E-state index is 5.08. The Bertz CT molecular complexity index is 2020. The minimum Gasteiger partial charge on any atom is -0.277 e. The molecular weight excluding hydrogens is 402 g/mol. The first-order valence-corrected chi connectivity index (χ1v) is 11.3. The van der Waals surface area contributed by atoms with Crippen molar-refractivity contribution in [3.63, 3.8) is 0 Å². The van der Waals surface area contributed by atoms with Crippen LogP contribution >= 0.6 is 0 Å². The fraction of sp³-hybridized carbons (Fsp3) is 0.0333. The van der Waals surface area contributed by atoms with Gasteiger partial charge in [-0.15, -0.1) is 0 Å². The van der Waals surface area contributed by atoms with E-state index < -0.39 is 0 Å². The maximum Gasteiger partial charge on any atom is 0.220 e. The summed E-state index contributed by atoms with van der Waals surface area (Å²) in [6.07, 6.45) is 0. The summed E-state index contributed by atoms with van der Waals surface area (Å²) in [5.74, 6) is 0.975. The third kappa shape index (κ3) is 2.16. The smallest absolute Gasteiger partial charge is 0.220 e. The second-order valence-corrected chi connectivity index (χ2v) is 9.05. The highest BCUT2D eigenvalue weighted by atomic mass is 15.2. The van der Waals surface area contributed by atoms with Crippen molar-refractivity contribution in [1.29, 1.82) is 0 Å². The number of hydrogen-bond donors (Lipinski definition) is 0. The van der Waals surface area contributed by atoms with Gasteiger partial charge in [-0.05, 0) is 65.2 Å². The third-order valence-electron chi connectivity index (χ3n) is 7.08. The van der Waals surface area contributed by atoms with Crippen LogP contribution in [0, 0.1) is 6.92 Å². The quantitative estimate of drug-likeness (QED) is 0.267. The molecule has 3 aromatic heterocycles. The Labute approximate surface area is 189 Å². The van der Waals surface area contributed by atoms with Crippen LogP contribution in [0.2, 0.25) is 0 Å². The zero-order valence-corrected chi connectivity index (χ0v) is 18.1. The molecule has 5 aromatic carbocycles. The molecule has 8 aromatic rings. The Balaban J connectivity index is 1.65. The minimum absolute atomic E-state index is 0.975. The van der Waals surface area contributed by atoms with Crippen LogP contribution in [-0.4, -0.2) is 13.8 Å². The average molecular weight is 422 g/mol. The summed E-state index contributed by atoms with van der Waals surface area (Å²) < 4.78 is 4.68. The van der Waals surface area contributed by atoms with Crippen LogP contribution in [0.1, 0.15) is 5.56 Å². The van der Waals surface area contributed by atoms with E-state index in [9.17, 15) is 0 Å². The molecule has 154 valence electrons. The van der Waals surface area contributed by atoms with Gasteiger partial charge in [-0.2, -0.15) is 0 Å². The number of nitrogens with zero attached hydrogens (tertiary/aromatic N) is 3. The van der Waals surface area contributed by atoms with E-state index in [4.69, 9.17) is 4.98 Å². The molecule has 0 bridgehead atoms. The van der Waals surface area contributed by atoms with Crippen molar-refractivity contribution in [3.8, 4) is 11.1 Å². The summed E-state index contributed by atoms with van der Waals surface area (Å²) in [6, 6.07) is 35.2. The van der Waals surface area contributed by atoms with Gasteiger partial charge in [-0.25, -0.2) is 4.98 Å². The monoisotopic (exact) mass is 421 g/mol. The zero-order chi connectivity index (χ0) is 21.7. The van der Waals surface area contributed by atoms with E-state index in [1.165, 1.54) is 54.8 Å². The predicted octanol–water partition coefficient (Wildman–Crippen LogP) is 7.61. The van der Waals surface area contributed by atoms with Gasteiger partial charge in [0.15, 0.2) is 0 Å². The number of para-hydroxylation sites is 2. The fourth-order valence-electron chi connectivity index (χ4n) is 5.50. The van der Waals surface area contributed by atoms with Gasteiger partial charge in [0.25, 0.3) is 0 Å². The SMILES string of the molecule is Cc1ccc(-c2cc3c4cc5ccccc5cc4n4c3c(c2)n2c3ccccc3nc24)cc1. The van der Waals surface area contributed by atoms with Gasteiger partial charge < -0.3 is 0 Å². The van der Waals surface area contributed by atoms with Crippen LogP contribution < -0.4 is 0 Å². The molecule has 0 aliphatic heterocycles. The van der Waals surface area contributed by atoms with E-state index in [2.05, 4.69) is 113 Å². The minimum atomic E-state index is 0.975. The van der Waals surface area contributed by atoms with E-state index in [-0.39, 0.29) is 0 Å². The lowest BCUT2D eigenvalue weighted by molar-refractivity contribution is 1.22. The molecule has 0 radical (unpaired) electrons. The number of rotatable bonds is 1. The first kappa shape index (κ1) is 17.2. The molecule has 0 amide bonds. The Hall–Kier alpha value is -4.37. The molecule has 0 aliphatic rings. The zero-order valence-electron chi connectivity index (χ0n) is 18.1. The van der Waals surface area contributed by atoms with Crippen molar-refractivity contribution in [1.82, 2.24) is 13.8 Å². The number of aromatic nitrogens is 3. The lowest BCUT2D eigenvalue weighted by atomic mass is 10.00. The highest BCUT2D eigenvalue weighted by Gasteiger charge is 2.22. The number of imidazole rings is 2. The van der Waals surface area contributed by atoms with E-state index in [1.54, 1.807) is 0 Å². The van der Waals surface area contributed by atoms with Crippen molar-refractivity contribution in [2.45, 2.75) is 6.92 Å². The predicted molar refractivity (Wildman–Crippen MR) is 138 cm³/mol. The van der Waals surface area contributed by atoms with Crippen molar-refractivity contribution in [3.05, 3.63) is 103 Å². The van der Waals surface area contributed by atoms with Crippen molar-refractivity contribution in [2.75, 3.05) is 0 Å². The molecular formula is C30H19N3. The average Bonchev–Trinajstić information content (AvgIpc) is 3.48. The number of fused-ring (bicyclic) bond motifs is 9. The first-order chi connectivity index (χ1) is 16.3. The molecule has 3 heteroatoms. The number of benzene rings is 5. The van der Waals surface area contributed by atoms with Crippen molar-refractivity contribution >= 4 is 54.9 Å². The Kier molecular flexibility index (Phi) is 3.08. The maximum atomic E-state index is 5.08. The van der Waals surface area contributed by atoms with Gasteiger partial charge in [0.2, 0.25) is 5.78 Å². The molecule has 0 aliphatic carbocycles. The second-order valence-electron chi connectivity index (χ2n) is 9.05. The standard InChI is InChI=1S/C30H19N3/c1-18-10-12-19(13-11-18)22-15-24-23-14-20-6-2-3-7-21(20)16-27(23)33-29(24)28(17-22)32-26-9-5-4-8-25(26)31-30(32)33/h2-17H,1H3. The van der Waals surface area contributed by atoms with E-state index in [0.29, 0.717) is 0 Å². The summed E-state index contributed by atoms with van der Waals surface area (Å²) in [7, 11) is 0. The van der Waals surface area contributed by atoms with Crippen LogP contribution in [0.15, 0.2) is 97.1 Å². The van der Waals surface area contributed by atoms with Gasteiger partial charge in [0.05, 0.1) is 27.6 Å². The fourth-order valence-corrected chi connectivity index (χ4v) is 5.50. The molecule has 0 N–H and O–H groups in total. The van der Waals surface area contributed by atoms with Gasteiger partial charge in [0, 0.05) is 10.8 Å². The van der Waals surface area contributed by atoms with Gasteiger partial charge in [0.1, 0.15) is 0 Å². The molecule has 0 saturated heterocycles. The highest BCUT2D eigenvalue weighted by Crippen LogP contribution is 2.40. The van der Waals surface area contributed by atoms with Gasteiger partial charge >= 0.3 is 0 Å². The molecule has 0 spiro atoms. The van der Waals surface area contributed by atoms with Crippen molar-refractivity contribution in [2.24, 2.45) is 0 Å². The van der Waals surface area contributed by atoms with E-state index in [1.807, 2.05) is 0 Å². The summed E-state index contributed by atoms with van der Waals surface area (Å²) in [5.41, 5.74) is 9.56. The third-order valence-corrected chi connectivity index (χ3v) is 7.08. The molecule has 3 heterocycles. The van der Waals surface area contributed by atoms with Crippen LogP contribution in [0.25, 0.3) is 66.0 Å². The Morgan fingerprint density at radius 1 is 0.576 bits per heavy atom. The lowest BCUT2D eigenvalue weighted by Gasteiger charge is -2.05. The Morgan fingerprint density at radius 2 is 1.33 bits per heavy atom. The van der Waals surface area contributed by atoms with Crippen LogP contribution in [0.5, 0.6) is 0 Å². The highest BCUT2D eigenvalue weighted by molar-refractivity contribution is 6.19. The normalized spacial score (nSPS) is 12.4. The van der Waals surface area contributed by atoms with Crippen LogP contribution in [-0.2, 0) is 0 Å². The molecule has 33 heavy (non-hydrogen) atoms. The van der Waals surface area contributed by atoms with Crippen molar-refractivity contribution < 1.29 is 0 Å². The van der Waals surface area contributed by atoms with E-state index >= 15 is 0 Å².